The van der Waals surface area contributed by atoms with Gasteiger partial charge in [0, 0.05) is 0 Å². The quantitative estimate of drug-likeness (QED) is 0.481. The molecule has 5 heteroatoms. The summed E-state index contributed by atoms with van der Waals surface area (Å²) in [6.45, 7) is -0.250. The van der Waals surface area contributed by atoms with Crippen molar-refractivity contribution in [3.05, 3.63) is 23.8 Å². The van der Waals surface area contributed by atoms with Crippen LogP contribution in [0.4, 0.5) is 0 Å². The molecule has 0 spiro atoms. The number of allylic oxidation sites excluding steroid dienone is 4. The Morgan fingerprint density at radius 3 is 2.31 bits per heavy atom. The summed E-state index contributed by atoms with van der Waals surface area (Å²) in [6, 6.07) is 0. The van der Waals surface area contributed by atoms with E-state index in [1.165, 1.54) is 25.7 Å². The Morgan fingerprint density at radius 1 is 1.19 bits per heavy atom. The minimum Gasteiger partial charge on any atom is -1.00 e. The fourth-order valence-corrected chi connectivity index (χ4v) is 1.87. The van der Waals surface area contributed by atoms with Gasteiger partial charge in [0.1, 0.15) is 0 Å². The van der Waals surface area contributed by atoms with Crippen LogP contribution in [-0.2, 0) is 21.7 Å². The van der Waals surface area contributed by atoms with E-state index in [0.29, 0.717) is 0 Å². The first-order valence-corrected chi connectivity index (χ1v) is 4.95. The summed E-state index contributed by atoms with van der Waals surface area (Å²) in [7, 11) is 0. The molecule has 0 radical (unpaired) electrons. The molecule has 0 bridgehead atoms. The van der Waals surface area contributed by atoms with E-state index in [-0.39, 0.29) is 59.7 Å². The topological polar surface area (TPSA) is 40.5 Å². The van der Waals surface area contributed by atoms with Crippen LogP contribution >= 0.6 is 0 Å². The Balaban J connectivity index is -0.000000218. The summed E-state index contributed by atoms with van der Waals surface area (Å²) in [5.74, 6) is 0.940. The summed E-state index contributed by atoms with van der Waals surface area (Å²) < 4.78 is 0. The molecule has 0 amide bonds. The Bertz CT molecular complexity index is 206. The van der Waals surface area contributed by atoms with Gasteiger partial charge in [0.05, 0.1) is 13.2 Å². The first-order chi connectivity index (χ1) is 6.38. The van der Waals surface area contributed by atoms with Crippen LogP contribution in [-0.4, -0.2) is 23.4 Å². The maximum atomic E-state index is 7.62. The minimum absolute atomic E-state index is 0. The zero-order valence-corrected chi connectivity index (χ0v) is 12.3. The smallest absolute Gasteiger partial charge is 1.00 e. The second kappa shape index (κ2) is 13.8. The fourth-order valence-electron chi connectivity index (χ4n) is 1.87. The Kier molecular flexibility index (Phi) is 18.9. The van der Waals surface area contributed by atoms with Crippen LogP contribution in [0, 0.1) is 5.92 Å². The summed E-state index contributed by atoms with van der Waals surface area (Å²) in [4.78, 5) is 0. The number of hydrogen-bond donors (Lipinski definition) is 2. The molecule has 0 heterocycles. The SMILES string of the molecule is C1=CCC2CCCC2=C1.OCCO.[Cl-].[Cl-].[Ti+2]. The number of rotatable bonds is 1. The largest absolute Gasteiger partial charge is 2.00 e. The van der Waals surface area contributed by atoms with E-state index >= 15 is 0 Å². The molecule has 2 nitrogen and oxygen atoms in total. The molecule has 2 N–H and O–H groups in total. The van der Waals surface area contributed by atoms with Gasteiger partial charge in [0.2, 0.25) is 0 Å². The van der Waals surface area contributed by atoms with Crippen molar-refractivity contribution in [2.24, 2.45) is 5.92 Å². The predicted octanol–water partition coefficient (Wildman–Crippen LogP) is -4.35. The van der Waals surface area contributed by atoms with Gasteiger partial charge in [-0.2, -0.15) is 0 Å². The third kappa shape index (κ3) is 7.89. The van der Waals surface area contributed by atoms with Gasteiger partial charge in [0.25, 0.3) is 0 Å². The van der Waals surface area contributed by atoms with Gasteiger partial charge in [0.15, 0.2) is 0 Å². The molecule has 1 atom stereocenters. The summed E-state index contributed by atoms with van der Waals surface area (Å²) in [5.41, 5.74) is 1.71. The first-order valence-electron chi connectivity index (χ1n) is 4.95. The Morgan fingerprint density at radius 2 is 1.81 bits per heavy atom. The van der Waals surface area contributed by atoms with Crippen molar-refractivity contribution < 1.29 is 56.7 Å². The maximum absolute atomic E-state index is 7.62. The second-order valence-electron chi connectivity index (χ2n) is 3.44. The van der Waals surface area contributed by atoms with Crippen molar-refractivity contribution >= 4 is 0 Å². The van der Waals surface area contributed by atoms with E-state index in [4.69, 9.17) is 10.2 Å². The van der Waals surface area contributed by atoms with Gasteiger partial charge in [-0.05, 0) is 31.6 Å². The van der Waals surface area contributed by atoms with Crippen LogP contribution in [0.3, 0.4) is 0 Å². The molecule has 1 unspecified atom stereocenters. The average Bonchev–Trinajstić information content (AvgIpc) is 2.66. The zero-order valence-electron chi connectivity index (χ0n) is 9.20. The van der Waals surface area contributed by atoms with Crippen molar-refractivity contribution in [1.29, 1.82) is 0 Å². The number of fused-ring (bicyclic) bond motifs is 1. The van der Waals surface area contributed by atoms with E-state index < -0.39 is 0 Å². The minimum atomic E-state index is -0.125. The van der Waals surface area contributed by atoms with Gasteiger partial charge in [-0.1, -0.05) is 23.8 Å². The summed E-state index contributed by atoms with van der Waals surface area (Å²) in [5, 5.41) is 15.2. The van der Waals surface area contributed by atoms with E-state index in [1.54, 1.807) is 5.57 Å². The molecular formula is C11H18Cl2O2Ti. The second-order valence-corrected chi connectivity index (χ2v) is 3.44. The van der Waals surface area contributed by atoms with Crippen molar-refractivity contribution in [3.63, 3.8) is 0 Å². The molecule has 0 aromatic carbocycles. The van der Waals surface area contributed by atoms with Crippen molar-refractivity contribution in [2.75, 3.05) is 13.2 Å². The van der Waals surface area contributed by atoms with Crippen molar-refractivity contribution in [1.82, 2.24) is 0 Å². The molecule has 16 heavy (non-hydrogen) atoms. The third-order valence-corrected chi connectivity index (χ3v) is 2.51. The fraction of sp³-hybridized carbons (Fsp3) is 0.636. The van der Waals surface area contributed by atoms with Gasteiger partial charge < -0.3 is 35.0 Å². The number of hydrogen-bond acceptors (Lipinski definition) is 2. The van der Waals surface area contributed by atoms with Crippen molar-refractivity contribution in [3.8, 4) is 0 Å². The summed E-state index contributed by atoms with van der Waals surface area (Å²) in [6.07, 6.45) is 12.4. The number of halogens is 2. The molecule has 2 aliphatic carbocycles. The van der Waals surface area contributed by atoms with E-state index in [1.807, 2.05) is 0 Å². The Labute approximate surface area is 125 Å². The number of aliphatic hydroxyl groups is 2. The van der Waals surface area contributed by atoms with Gasteiger partial charge in [-0.25, -0.2) is 0 Å². The third-order valence-electron chi connectivity index (χ3n) is 2.51. The molecule has 92 valence electrons. The monoisotopic (exact) mass is 300 g/mol. The molecular weight excluding hydrogens is 283 g/mol. The predicted molar refractivity (Wildman–Crippen MR) is 53.4 cm³/mol. The van der Waals surface area contributed by atoms with Crippen LogP contribution < -0.4 is 24.8 Å². The molecule has 0 saturated heterocycles. The Hall–Kier alpha value is 0.694. The van der Waals surface area contributed by atoms with Crippen LogP contribution in [0.15, 0.2) is 23.8 Å². The molecule has 2 rings (SSSR count). The molecule has 0 aromatic rings. The van der Waals surface area contributed by atoms with Crippen LogP contribution in [0.5, 0.6) is 0 Å². The molecule has 1 saturated carbocycles. The van der Waals surface area contributed by atoms with Gasteiger partial charge in [-0.15, -0.1) is 0 Å². The zero-order chi connectivity index (χ0) is 9.52. The van der Waals surface area contributed by atoms with Gasteiger partial charge >= 0.3 is 21.7 Å². The maximum Gasteiger partial charge on any atom is 2.00 e. The number of aliphatic hydroxyl groups excluding tert-OH is 2. The average molecular weight is 301 g/mol. The van der Waals surface area contributed by atoms with Crippen LogP contribution in [0.1, 0.15) is 25.7 Å². The molecule has 0 aliphatic heterocycles. The van der Waals surface area contributed by atoms with Crippen LogP contribution in [0.2, 0.25) is 0 Å². The van der Waals surface area contributed by atoms with E-state index in [9.17, 15) is 0 Å². The van der Waals surface area contributed by atoms with E-state index in [0.717, 1.165) is 5.92 Å². The van der Waals surface area contributed by atoms with E-state index in [2.05, 4.69) is 18.2 Å². The molecule has 0 aromatic heterocycles. The van der Waals surface area contributed by atoms with Crippen LogP contribution in [0.25, 0.3) is 0 Å². The normalized spacial score (nSPS) is 19.9. The summed E-state index contributed by atoms with van der Waals surface area (Å²) >= 11 is 0. The molecule has 2 aliphatic rings. The van der Waals surface area contributed by atoms with Gasteiger partial charge in [-0.3, -0.25) is 0 Å². The first kappa shape index (κ1) is 21.9. The molecule has 1 fully saturated rings. The van der Waals surface area contributed by atoms with Crippen molar-refractivity contribution in [2.45, 2.75) is 25.7 Å². The standard InChI is InChI=1S/C9H12.C2H6O2.2ClH.Ti/c1-2-5-9-7-3-6-8(9)4-1;3-1-2-4;;;/h1-2,4,9H,3,5-7H2;3-4H,1-2H2;2*1H;/q;;;;+2/p-2.